The topological polar surface area (TPSA) is 89.4 Å². The van der Waals surface area contributed by atoms with Gasteiger partial charge in [0.2, 0.25) is 0 Å². The van der Waals surface area contributed by atoms with Crippen LogP contribution in [0.25, 0.3) is 5.69 Å². The first-order valence-electron chi connectivity index (χ1n) is 9.77. The van der Waals surface area contributed by atoms with E-state index in [0.29, 0.717) is 22.7 Å². The number of sulfonamides is 1. The second-order valence-electron chi connectivity index (χ2n) is 6.93. The van der Waals surface area contributed by atoms with E-state index in [2.05, 4.69) is 10.0 Å². The zero-order chi connectivity index (χ0) is 22.6. The molecule has 1 aromatic heterocycles. The average molecular weight is 448 g/mol. The molecule has 0 aliphatic carbocycles. The van der Waals surface area contributed by atoms with Crippen LogP contribution in [0.5, 0.6) is 5.75 Å². The summed E-state index contributed by atoms with van der Waals surface area (Å²) in [5.74, 6) is 0.0642. The van der Waals surface area contributed by atoms with Gasteiger partial charge >= 0.3 is 0 Å². The number of carbonyl (C=O) groups excluding carboxylic acids is 1. The van der Waals surface area contributed by atoms with E-state index >= 15 is 0 Å². The number of carbonyl (C=O) groups is 1. The van der Waals surface area contributed by atoms with Gasteiger partial charge in [0, 0.05) is 29.3 Å². The molecule has 4 aromatic rings. The molecule has 0 radical (unpaired) electrons. The fourth-order valence-electron chi connectivity index (χ4n) is 3.19. The zero-order valence-electron chi connectivity index (χ0n) is 17.2. The molecule has 1 amide bonds. The van der Waals surface area contributed by atoms with Crippen LogP contribution in [-0.4, -0.2) is 26.0 Å². The molecule has 0 aliphatic rings. The van der Waals surface area contributed by atoms with Gasteiger partial charge in [0.15, 0.2) is 0 Å². The Kier molecular flexibility index (Phi) is 5.96. The van der Waals surface area contributed by atoms with E-state index in [0.717, 1.165) is 5.69 Å². The molecule has 0 saturated carbocycles. The van der Waals surface area contributed by atoms with E-state index in [-0.39, 0.29) is 10.8 Å². The zero-order valence-corrected chi connectivity index (χ0v) is 18.0. The van der Waals surface area contributed by atoms with Crippen molar-refractivity contribution in [3.8, 4) is 11.4 Å². The van der Waals surface area contributed by atoms with Gasteiger partial charge in [-0.25, -0.2) is 8.42 Å². The highest BCUT2D eigenvalue weighted by Gasteiger charge is 2.17. The first-order chi connectivity index (χ1) is 15.5. The summed E-state index contributed by atoms with van der Waals surface area (Å²) in [7, 11) is -2.42. The Morgan fingerprint density at radius 1 is 0.875 bits per heavy atom. The lowest BCUT2D eigenvalue weighted by molar-refractivity contribution is 0.102. The Labute approximate surface area is 186 Å². The summed E-state index contributed by atoms with van der Waals surface area (Å²) in [5.41, 5.74) is 1.99. The Morgan fingerprint density at radius 3 is 2.41 bits per heavy atom. The highest BCUT2D eigenvalue weighted by molar-refractivity contribution is 7.92. The average Bonchev–Trinajstić information content (AvgIpc) is 3.35. The minimum atomic E-state index is -3.89. The second-order valence-corrected chi connectivity index (χ2v) is 8.61. The number of hydrogen-bond acceptors (Lipinski definition) is 4. The largest absolute Gasteiger partial charge is 0.495 e. The van der Waals surface area contributed by atoms with Gasteiger partial charge in [-0.1, -0.05) is 24.3 Å². The summed E-state index contributed by atoms with van der Waals surface area (Å²) in [6.45, 7) is 0. The van der Waals surface area contributed by atoms with Gasteiger partial charge in [0.25, 0.3) is 15.9 Å². The third-order valence-corrected chi connectivity index (χ3v) is 6.13. The number of nitrogens with one attached hydrogen (secondary N) is 2. The van der Waals surface area contributed by atoms with E-state index in [1.807, 2.05) is 35.2 Å². The molecule has 0 aliphatic heterocycles. The molecule has 0 atom stereocenters. The fourth-order valence-corrected chi connectivity index (χ4v) is 4.31. The van der Waals surface area contributed by atoms with Gasteiger partial charge in [-0.05, 0) is 60.7 Å². The summed E-state index contributed by atoms with van der Waals surface area (Å²) >= 11 is 0. The second kappa shape index (κ2) is 8.99. The van der Waals surface area contributed by atoms with E-state index in [4.69, 9.17) is 4.74 Å². The van der Waals surface area contributed by atoms with Crippen LogP contribution >= 0.6 is 0 Å². The molecule has 32 heavy (non-hydrogen) atoms. The normalized spacial score (nSPS) is 11.0. The highest BCUT2D eigenvalue weighted by atomic mass is 32.2. The van der Waals surface area contributed by atoms with Gasteiger partial charge < -0.3 is 14.6 Å². The predicted octanol–water partition coefficient (Wildman–Crippen LogP) is 4.54. The number of nitrogens with zero attached hydrogens (tertiary/aromatic N) is 1. The number of aromatic nitrogens is 1. The first-order valence-corrected chi connectivity index (χ1v) is 11.3. The minimum absolute atomic E-state index is 0.0160. The Bertz CT molecular complexity index is 1350. The van der Waals surface area contributed by atoms with E-state index in [9.17, 15) is 13.2 Å². The van der Waals surface area contributed by atoms with Crippen LogP contribution in [-0.2, 0) is 10.0 Å². The number of benzene rings is 3. The van der Waals surface area contributed by atoms with Crippen LogP contribution in [0.15, 0.2) is 102 Å². The monoisotopic (exact) mass is 447 g/mol. The van der Waals surface area contributed by atoms with Crippen molar-refractivity contribution < 1.29 is 17.9 Å². The van der Waals surface area contributed by atoms with Crippen molar-refractivity contribution in [3.63, 3.8) is 0 Å². The molecule has 162 valence electrons. The quantitative estimate of drug-likeness (QED) is 0.435. The van der Waals surface area contributed by atoms with Gasteiger partial charge in [-0.2, -0.15) is 0 Å². The number of amides is 1. The molecule has 7 nitrogen and oxygen atoms in total. The lowest BCUT2D eigenvalue weighted by Gasteiger charge is -2.13. The lowest BCUT2D eigenvalue weighted by Crippen LogP contribution is -2.15. The fraction of sp³-hybridized carbons (Fsp3) is 0.0417. The predicted molar refractivity (Wildman–Crippen MR) is 124 cm³/mol. The van der Waals surface area contributed by atoms with Crippen molar-refractivity contribution in [1.29, 1.82) is 0 Å². The van der Waals surface area contributed by atoms with Crippen molar-refractivity contribution in [1.82, 2.24) is 4.57 Å². The summed E-state index contributed by atoms with van der Waals surface area (Å²) in [6.07, 6.45) is 3.78. The molecule has 0 bridgehead atoms. The van der Waals surface area contributed by atoms with Gasteiger partial charge in [-0.15, -0.1) is 0 Å². The van der Waals surface area contributed by atoms with Gasteiger partial charge in [0.05, 0.1) is 17.7 Å². The number of rotatable bonds is 7. The maximum atomic E-state index is 12.9. The van der Waals surface area contributed by atoms with Crippen LogP contribution in [0.2, 0.25) is 0 Å². The van der Waals surface area contributed by atoms with E-state index in [1.54, 1.807) is 54.6 Å². The number of anilines is 2. The molecule has 1 heterocycles. The van der Waals surface area contributed by atoms with Crippen LogP contribution in [0.1, 0.15) is 10.4 Å². The van der Waals surface area contributed by atoms with Gasteiger partial charge in [0.1, 0.15) is 5.75 Å². The van der Waals surface area contributed by atoms with Crippen LogP contribution in [0, 0.1) is 0 Å². The van der Waals surface area contributed by atoms with Crippen molar-refractivity contribution in [2.75, 3.05) is 17.1 Å². The minimum Gasteiger partial charge on any atom is -0.495 e. The maximum absolute atomic E-state index is 12.9. The molecule has 4 rings (SSSR count). The molecule has 0 unspecified atom stereocenters. The highest BCUT2D eigenvalue weighted by Crippen LogP contribution is 2.27. The number of hydrogen-bond donors (Lipinski definition) is 2. The summed E-state index contributed by atoms with van der Waals surface area (Å²) < 4.78 is 35.4. The van der Waals surface area contributed by atoms with Crippen molar-refractivity contribution in [2.45, 2.75) is 4.90 Å². The third-order valence-electron chi connectivity index (χ3n) is 4.76. The van der Waals surface area contributed by atoms with Crippen molar-refractivity contribution in [2.24, 2.45) is 0 Å². The summed E-state index contributed by atoms with van der Waals surface area (Å²) in [6, 6.07) is 23.8. The van der Waals surface area contributed by atoms with Crippen molar-refractivity contribution in [3.05, 3.63) is 103 Å². The maximum Gasteiger partial charge on any atom is 0.262 e. The SMILES string of the molecule is COc1ccccc1NS(=O)(=O)c1cccc(NC(=O)c2cccc(-n3cccc3)c2)c1. The third kappa shape index (κ3) is 4.65. The Hall–Kier alpha value is -4.04. The number of para-hydroxylation sites is 2. The molecule has 2 N–H and O–H groups in total. The summed E-state index contributed by atoms with van der Waals surface area (Å²) in [5, 5.41) is 2.76. The lowest BCUT2D eigenvalue weighted by atomic mass is 10.2. The number of methoxy groups -OCH3 is 1. The first kappa shape index (κ1) is 21.2. The molecule has 0 fully saturated rings. The molecule has 0 spiro atoms. The molecular formula is C24H21N3O4S. The van der Waals surface area contributed by atoms with Crippen molar-refractivity contribution >= 4 is 27.3 Å². The van der Waals surface area contributed by atoms with Gasteiger partial charge in [-0.3, -0.25) is 9.52 Å². The smallest absolute Gasteiger partial charge is 0.262 e. The van der Waals surface area contributed by atoms with E-state index in [1.165, 1.54) is 19.2 Å². The Balaban J connectivity index is 1.54. The number of ether oxygens (including phenoxy) is 1. The Morgan fingerprint density at radius 2 is 1.62 bits per heavy atom. The van der Waals surface area contributed by atoms with E-state index < -0.39 is 10.0 Å². The standard InChI is InChI=1S/C24H21N3O4S/c1-31-23-13-3-2-12-22(23)26-32(29,30)21-11-7-9-19(17-21)25-24(28)18-8-6-10-20(16-18)27-14-4-5-15-27/h2-17,26H,1H3,(H,25,28). The molecular weight excluding hydrogens is 426 g/mol. The molecule has 8 heteroatoms. The molecule has 0 saturated heterocycles. The van der Waals surface area contributed by atoms with Crippen LogP contribution in [0.3, 0.4) is 0 Å². The molecule has 3 aromatic carbocycles. The summed E-state index contributed by atoms with van der Waals surface area (Å²) in [4.78, 5) is 12.8. The van der Waals surface area contributed by atoms with Crippen LogP contribution in [0.4, 0.5) is 11.4 Å². The van der Waals surface area contributed by atoms with Crippen LogP contribution < -0.4 is 14.8 Å².